The summed E-state index contributed by atoms with van der Waals surface area (Å²) in [5, 5.41) is 0. The molecule has 140 valence electrons. The second kappa shape index (κ2) is 6.91. The molecule has 1 saturated heterocycles. The minimum atomic E-state index is -3.02. The van der Waals surface area contributed by atoms with Crippen LogP contribution in [0.5, 0.6) is 0 Å². The van der Waals surface area contributed by atoms with Crippen LogP contribution >= 0.6 is 0 Å². The van der Waals surface area contributed by atoms with E-state index in [1.807, 2.05) is 38.1 Å². The van der Waals surface area contributed by atoms with E-state index < -0.39 is 9.84 Å². The third-order valence-corrected chi connectivity index (χ3v) is 7.21. The van der Waals surface area contributed by atoms with Gasteiger partial charge in [-0.15, -0.1) is 0 Å². The minimum Gasteiger partial charge on any atom is -0.341 e. The molecule has 0 N–H and O–H groups in total. The summed E-state index contributed by atoms with van der Waals surface area (Å²) in [6.45, 7) is 6.08. The van der Waals surface area contributed by atoms with Crippen LogP contribution in [0.1, 0.15) is 46.7 Å². The fourth-order valence-corrected chi connectivity index (χ4v) is 5.68. The fraction of sp³-hybridized carbons (Fsp3) is 0.450. The van der Waals surface area contributed by atoms with Crippen molar-refractivity contribution in [2.24, 2.45) is 0 Å². The van der Waals surface area contributed by atoms with Gasteiger partial charge in [-0.25, -0.2) is 8.42 Å². The summed E-state index contributed by atoms with van der Waals surface area (Å²) >= 11 is 0. The molecule has 1 aliphatic rings. The molecule has 1 aliphatic heterocycles. The Hall–Kier alpha value is -2.08. The Morgan fingerprint density at radius 3 is 2.46 bits per heavy atom. The van der Waals surface area contributed by atoms with E-state index >= 15 is 0 Å². The van der Waals surface area contributed by atoms with Crippen LogP contribution in [0.3, 0.4) is 0 Å². The molecule has 1 amide bonds. The molecule has 0 saturated carbocycles. The number of aromatic nitrogens is 1. The van der Waals surface area contributed by atoms with E-state index in [0.29, 0.717) is 12.0 Å². The molecule has 0 spiro atoms. The van der Waals surface area contributed by atoms with Gasteiger partial charge in [0.25, 0.3) is 5.91 Å². The standard InChI is InChI=1S/C20H26N2O3S/c1-14-12-19(20(23)21(4)18-10-11-26(24,25)13-18)16(3)22(14)15(2)17-8-6-5-7-9-17/h5-9,12,15,18H,10-11,13H2,1-4H3/t15-,18+/m1/s1. The van der Waals surface area contributed by atoms with Crippen molar-refractivity contribution in [3.05, 3.63) is 58.9 Å². The van der Waals surface area contributed by atoms with Gasteiger partial charge in [0.05, 0.1) is 23.1 Å². The first-order valence-corrected chi connectivity index (χ1v) is 10.7. The molecule has 2 heterocycles. The maximum absolute atomic E-state index is 13.0. The van der Waals surface area contributed by atoms with Crippen LogP contribution in [-0.4, -0.2) is 48.4 Å². The third-order valence-electron chi connectivity index (χ3n) is 5.46. The molecule has 2 atom stereocenters. The lowest BCUT2D eigenvalue weighted by Gasteiger charge is -2.24. The molecule has 1 aromatic heterocycles. The highest BCUT2D eigenvalue weighted by Crippen LogP contribution is 2.27. The van der Waals surface area contributed by atoms with Gasteiger partial charge in [-0.1, -0.05) is 30.3 Å². The smallest absolute Gasteiger partial charge is 0.255 e. The molecule has 0 bridgehead atoms. The van der Waals surface area contributed by atoms with E-state index in [0.717, 1.165) is 11.4 Å². The topological polar surface area (TPSA) is 59.4 Å². The van der Waals surface area contributed by atoms with Crippen LogP contribution < -0.4 is 0 Å². The quantitative estimate of drug-likeness (QED) is 0.827. The molecule has 2 aromatic rings. The summed E-state index contributed by atoms with van der Waals surface area (Å²) in [5.74, 6) is 0.125. The molecule has 0 radical (unpaired) electrons. The number of amides is 1. The summed E-state index contributed by atoms with van der Waals surface area (Å²) in [6.07, 6.45) is 0.518. The Bertz CT molecular complexity index is 916. The van der Waals surface area contributed by atoms with E-state index in [2.05, 4.69) is 23.6 Å². The number of hydrogen-bond acceptors (Lipinski definition) is 3. The van der Waals surface area contributed by atoms with Gasteiger partial charge in [0.1, 0.15) is 0 Å². The zero-order chi connectivity index (χ0) is 19.1. The lowest BCUT2D eigenvalue weighted by Crippen LogP contribution is -2.38. The highest BCUT2D eigenvalue weighted by molar-refractivity contribution is 7.91. The van der Waals surface area contributed by atoms with Gasteiger partial charge in [0, 0.05) is 24.5 Å². The van der Waals surface area contributed by atoms with Crippen molar-refractivity contribution in [3.8, 4) is 0 Å². The van der Waals surface area contributed by atoms with Gasteiger partial charge in [-0.3, -0.25) is 4.79 Å². The highest BCUT2D eigenvalue weighted by Gasteiger charge is 2.34. The van der Waals surface area contributed by atoms with Crippen LogP contribution in [0.2, 0.25) is 0 Å². The van der Waals surface area contributed by atoms with Crippen molar-refractivity contribution in [1.82, 2.24) is 9.47 Å². The van der Waals surface area contributed by atoms with E-state index in [4.69, 9.17) is 0 Å². The van der Waals surface area contributed by atoms with Gasteiger partial charge in [0.15, 0.2) is 9.84 Å². The van der Waals surface area contributed by atoms with Gasteiger partial charge < -0.3 is 9.47 Å². The maximum atomic E-state index is 13.0. The molecule has 26 heavy (non-hydrogen) atoms. The highest BCUT2D eigenvalue weighted by atomic mass is 32.2. The molecule has 1 fully saturated rings. The first kappa shape index (κ1) is 18.7. The molecule has 0 unspecified atom stereocenters. The zero-order valence-electron chi connectivity index (χ0n) is 15.8. The van der Waals surface area contributed by atoms with Crippen LogP contribution in [0.15, 0.2) is 36.4 Å². The Kier molecular flexibility index (Phi) is 4.97. The fourth-order valence-electron chi connectivity index (χ4n) is 3.91. The normalized spacial score (nSPS) is 20.1. The zero-order valence-corrected chi connectivity index (χ0v) is 16.6. The predicted octanol–water partition coefficient (Wildman–Crippen LogP) is 2.97. The van der Waals surface area contributed by atoms with Gasteiger partial charge in [0.2, 0.25) is 0 Å². The Labute approximate surface area is 155 Å². The number of sulfone groups is 1. The first-order chi connectivity index (χ1) is 12.2. The number of hydrogen-bond donors (Lipinski definition) is 0. The summed E-state index contributed by atoms with van der Waals surface area (Å²) < 4.78 is 25.6. The number of aryl methyl sites for hydroxylation is 1. The lowest BCUT2D eigenvalue weighted by molar-refractivity contribution is 0.0747. The van der Waals surface area contributed by atoms with Crippen molar-refractivity contribution in [2.45, 2.75) is 39.3 Å². The number of rotatable bonds is 4. The Morgan fingerprint density at radius 2 is 1.88 bits per heavy atom. The maximum Gasteiger partial charge on any atom is 0.255 e. The largest absolute Gasteiger partial charge is 0.341 e. The van der Waals surface area contributed by atoms with Crippen molar-refractivity contribution < 1.29 is 13.2 Å². The van der Waals surface area contributed by atoms with Crippen LogP contribution in [0.4, 0.5) is 0 Å². The van der Waals surface area contributed by atoms with Crippen molar-refractivity contribution in [3.63, 3.8) is 0 Å². The number of carbonyl (C=O) groups excluding carboxylic acids is 1. The molecular formula is C20H26N2O3S. The third kappa shape index (κ3) is 3.43. The van der Waals surface area contributed by atoms with Gasteiger partial charge in [-0.05, 0) is 38.8 Å². The van der Waals surface area contributed by atoms with E-state index in [-0.39, 0.29) is 29.5 Å². The van der Waals surface area contributed by atoms with E-state index in [9.17, 15) is 13.2 Å². The molecular weight excluding hydrogens is 348 g/mol. The number of nitrogens with zero attached hydrogens (tertiary/aromatic N) is 2. The van der Waals surface area contributed by atoms with Crippen LogP contribution in [0.25, 0.3) is 0 Å². The minimum absolute atomic E-state index is 0.0639. The lowest BCUT2D eigenvalue weighted by atomic mass is 10.1. The van der Waals surface area contributed by atoms with Crippen molar-refractivity contribution >= 4 is 15.7 Å². The van der Waals surface area contributed by atoms with Crippen molar-refractivity contribution in [2.75, 3.05) is 18.6 Å². The summed E-state index contributed by atoms with van der Waals surface area (Å²) in [6, 6.07) is 12.0. The second-order valence-electron chi connectivity index (χ2n) is 7.21. The summed E-state index contributed by atoms with van der Waals surface area (Å²) in [5.41, 5.74) is 3.77. The molecule has 6 heteroatoms. The van der Waals surface area contributed by atoms with Crippen LogP contribution in [0, 0.1) is 13.8 Å². The molecule has 1 aromatic carbocycles. The van der Waals surface area contributed by atoms with E-state index in [1.165, 1.54) is 5.56 Å². The summed E-state index contributed by atoms with van der Waals surface area (Å²) in [4.78, 5) is 14.6. The van der Waals surface area contributed by atoms with Crippen LogP contribution in [-0.2, 0) is 9.84 Å². The average Bonchev–Trinajstić information content (AvgIpc) is 3.12. The first-order valence-electron chi connectivity index (χ1n) is 8.92. The Morgan fingerprint density at radius 1 is 1.23 bits per heavy atom. The SMILES string of the molecule is Cc1cc(C(=O)N(C)[C@H]2CCS(=O)(=O)C2)c(C)n1[C@H](C)c1ccccc1. The predicted molar refractivity (Wildman–Crippen MR) is 103 cm³/mol. The van der Waals surface area contributed by atoms with Gasteiger partial charge in [-0.2, -0.15) is 0 Å². The molecule has 3 rings (SSSR count). The summed E-state index contributed by atoms with van der Waals surface area (Å²) in [7, 11) is -1.31. The molecule has 0 aliphatic carbocycles. The van der Waals surface area contributed by atoms with Gasteiger partial charge >= 0.3 is 0 Å². The molecule has 5 nitrogen and oxygen atoms in total. The Balaban J connectivity index is 1.89. The number of carbonyl (C=O) groups is 1. The monoisotopic (exact) mass is 374 g/mol. The van der Waals surface area contributed by atoms with E-state index in [1.54, 1.807) is 11.9 Å². The number of benzene rings is 1. The average molecular weight is 375 g/mol. The van der Waals surface area contributed by atoms with Crippen molar-refractivity contribution in [1.29, 1.82) is 0 Å². The second-order valence-corrected chi connectivity index (χ2v) is 9.44.